The lowest BCUT2D eigenvalue weighted by Crippen LogP contribution is -2.30. The number of hydrogen-bond acceptors (Lipinski definition) is 5. The topological polar surface area (TPSA) is 76.5 Å². The second kappa shape index (κ2) is 9.85. The number of Topliss-reactive ketones (excluding diaryl/α,β-unsaturated/α-hetero) is 1. The van der Waals surface area contributed by atoms with Gasteiger partial charge in [0.05, 0.1) is 17.7 Å². The standard InChI is InChI=1S/C28H28FNO4/c1-4-20(31)15-23(32)25(28(33)34-16(2)3)26-24(17-11-13-19(29)14-12-17)21-7-5-6-8-22(21)30-27(26)18-9-10-18/h4-8,11-14,16,18,20,25,31H,1,9-10,15H2,2-3H3. The Morgan fingerprint density at radius 3 is 2.47 bits per heavy atom. The molecule has 0 saturated heterocycles. The van der Waals surface area contributed by atoms with Crippen molar-refractivity contribution in [2.24, 2.45) is 0 Å². The summed E-state index contributed by atoms with van der Waals surface area (Å²) in [6.07, 6.45) is 1.27. The first-order chi connectivity index (χ1) is 16.3. The number of ketones is 1. The zero-order valence-corrected chi connectivity index (χ0v) is 19.3. The molecule has 3 aromatic rings. The van der Waals surface area contributed by atoms with Gasteiger partial charge < -0.3 is 9.84 Å². The van der Waals surface area contributed by atoms with Crippen LogP contribution >= 0.6 is 0 Å². The molecule has 2 unspecified atom stereocenters. The van der Waals surface area contributed by atoms with Crippen LogP contribution in [0.2, 0.25) is 0 Å². The molecule has 1 aliphatic carbocycles. The molecular formula is C28H28FNO4. The van der Waals surface area contributed by atoms with Crippen molar-refractivity contribution in [3.8, 4) is 11.1 Å². The lowest BCUT2D eigenvalue weighted by molar-refractivity contribution is -0.151. The van der Waals surface area contributed by atoms with Gasteiger partial charge in [0.15, 0.2) is 5.78 Å². The van der Waals surface area contributed by atoms with Crippen LogP contribution in [0.1, 0.15) is 56.2 Å². The maximum Gasteiger partial charge on any atom is 0.321 e. The molecule has 176 valence electrons. The van der Waals surface area contributed by atoms with Crippen LogP contribution in [-0.2, 0) is 14.3 Å². The number of aliphatic hydroxyl groups is 1. The molecule has 6 heteroatoms. The van der Waals surface area contributed by atoms with Crippen LogP contribution in [0.15, 0.2) is 61.2 Å². The number of benzene rings is 2. The largest absolute Gasteiger partial charge is 0.462 e. The molecule has 0 amide bonds. The van der Waals surface area contributed by atoms with E-state index < -0.39 is 29.9 Å². The first kappa shape index (κ1) is 23.8. The van der Waals surface area contributed by atoms with Gasteiger partial charge in [0, 0.05) is 29.0 Å². The highest BCUT2D eigenvalue weighted by Gasteiger charge is 2.40. The van der Waals surface area contributed by atoms with Crippen LogP contribution in [0.5, 0.6) is 0 Å². The minimum absolute atomic E-state index is 0.116. The van der Waals surface area contributed by atoms with E-state index in [0.29, 0.717) is 22.4 Å². The number of para-hydroxylation sites is 1. The molecule has 1 N–H and O–H groups in total. The third kappa shape index (κ3) is 4.92. The molecule has 2 atom stereocenters. The van der Waals surface area contributed by atoms with Crippen LogP contribution in [0.25, 0.3) is 22.0 Å². The van der Waals surface area contributed by atoms with Crippen LogP contribution < -0.4 is 0 Å². The number of fused-ring (bicyclic) bond motifs is 1. The minimum Gasteiger partial charge on any atom is -0.462 e. The Hall–Kier alpha value is -3.38. The maximum atomic E-state index is 13.8. The third-order valence-electron chi connectivity index (χ3n) is 5.94. The molecule has 1 aliphatic rings. The Kier molecular flexibility index (Phi) is 6.89. The number of hydrogen-bond donors (Lipinski definition) is 1. The van der Waals surface area contributed by atoms with Gasteiger partial charge in [-0.2, -0.15) is 0 Å². The number of aromatic nitrogens is 1. The van der Waals surface area contributed by atoms with E-state index in [1.54, 1.807) is 26.0 Å². The van der Waals surface area contributed by atoms with E-state index in [9.17, 15) is 19.1 Å². The normalized spacial score (nSPS) is 15.2. The van der Waals surface area contributed by atoms with Gasteiger partial charge in [0.25, 0.3) is 0 Å². The van der Waals surface area contributed by atoms with Crippen LogP contribution in [0.3, 0.4) is 0 Å². The molecule has 1 fully saturated rings. The second-order valence-corrected chi connectivity index (χ2v) is 8.98. The quantitative estimate of drug-likeness (QED) is 0.260. The highest BCUT2D eigenvalue weighted by molar-refractivity contribution is 6.09. The van der Waals surface area contributed by atoms with Crippen LogP contribution in [-0.4, -0.2) is 34.1 Å². The summed E-state index contributed by atoms with van der Waals surface area (Å²) in [4.78, 5) is 31.8. The molecule has 1 saturated carbocycles. The van der Waals surface area contributed by atoms with E-state index in [-0.39, 0.29) is 18.2 Å². The fourth-order valence-electron chi connectivity index (χ4n) is 4.25. The summed E-state index contributed by atoms with van der Waals surface area (Å²) >= 11 is 0. The number of rotatable bonds is 9. The average molecular weight is 462 g/mol. The SMILES string of the molecule is C=CC(O)CC(=O)C(C(=O)OC(C)C)c1c(C2CC2)nc2ccccc2c1-c1ccc(F)cc1. The molecule has 0 spiro atoms. The fourth-order valence-corrected chi connectivity index (χ4v) is 4.25. The minimum atomic E-state index is -1.27. The van der Waals surface area contributed by atoms with Gasteiger partial charge in [0.2, 0.25) is 0 Å². The summed E-state index contributed by atoms with van der Waals surface area (Å²) in [7, 11) is 0. The van der Waals surface area contributed by atoms with Gasteiger partial charge in [-0.25, -0.2) is 4.39 Å². The Labute approximate surface area is 198 Å². The Bertz CT molecular complexity index is 1230. The lowest BCUT2D eigenvalue weighted by atomic mass is 9.82. The van der Waals surface area contributed by atoms with Crippen molar-refractivity contribution in [2.75, 3.05) is 0 Å². The summed E-state index contributed by atoms with van der Waals surface area (Å²) in [6, 6.07) is 13.5. The molecule has 1 aromatic heterocycles. The highest BCUT2D eigenvalue weighted by atomic mass is 19.1. The summed E-state index contributed by atoms with van der Waals surface area (Å²) in [5, 5.41) is 10.9. The van der Waals surface area contributed by atoms with Gasteiger partial charge in [-0.1, -0.05) is 36.4 Å². The van der Waals surface area contributed by atoms with E-state index in [0.717, 1.165) is 23.7 Å². The molecule has 5 nitrogen and oxygen atoms in total. The average Bonchev–Trinajstić information content (AvgIpc) is 3.64. The summed E-state index contributed by atoms with van der Waals surface area (Å²) in [5.41, 5.74) is 3.25. The molecule has 0 aliphatic heterocycles. The number of carbonyl (C=O) groups excluding carboxylic acids is 2. The highest BCUT2D eigenvalue weighted by Crippen LogP contribution is 2.48. The van der Waals surface area contributed by atoms with Crippen molar-refractivity contribution in [1.82, 2.24) is 4.98 Å². The number of ether oxygens (including phenoxy) is 1. The zero-order valence-electron chi connectivity index (χ0n) is 19.3. The second-order valence-electron chi connectivity index (χ2n) is 8.98. The first-order valence-electron chi connectivity index (χ1n) is 11.5. The number of carbonyl (C=O) groups is 2. The Balaban J connectivity index is 2.03. The lowest BCUT2D eigenvalue weighted by Gasteiger charge is -2.24. The predicted octanol–water partition coefficient (Wildman–Crippen LogP) is 5.46. The maximum absolute atomic E-state index is 13.8. The van der Waals surface area contributed by atoms with E-state index in [1.807, 2.05) is 24.3 Å². The molecule has 34 heavy (non-hydrogen) atoms. The van der Waals surface area contributed by atoms with Crippen molar-refractivity contribution in [3.05, 3.63) is 78.3 Å². The third-order valence-corrected chi connectivity index (χ3v) is 5.94. The molecule has 0 bridgehead atoms. The summed E-state index contributed by atoms with van der Waals surface area (Å²) in [6.45, 7) is 6.99. The van der Waals surface area contributed by atoms with Crippen molar-refractivity contribution in [3.63, 3.8) is 0 Å². The first-order valence-corrected chi connectivity index (χ1v) is 11.5. The molecule has 0 radical (unpaired) electrons. The zero-order chi connectivity index (χ0) is 24.4. The summed E-state index contributed by atoms with van der Waals surface area (Å²) in [5.74, 6) is -2.69. The van der Waals surface area contributed by atoms with Crippen molar-refractivity contribution in [1.29, 1.82) is 0 Å². The number of nitrogens with zero attached hydrogens (tertiary/aromatic N) is 1. The van der Waals surface area contributed by atoms with E-state index in [4.69, 9.17) is 9.72 Å². The number of esters is 1. The van der Waals surface area contributed by atoms with Crippen molar-refractivity contribution in [2.45, 2.75) is 57.2 Å². The monoisotopic (exact) mass is 461 g/mol. The van der Waals surface area contributed by atoms with Crippen molar-refractivity contribution < 1.29 is 23.8 Å². The van der Waals surface area contributed by atoms with Gasteiger partial charge in [-0.15, -0.1) is 6.58 Å². The Morgan fingerprint density at radius 1 is 1.18 bits per heavy atom. The Morgan fingerprint density at radius 2 is 1.85 bits per heavy atom. The number of halogens is 1. The number of pyridine rings is 1. The number of aliphatic hydroxyl groups excluding tert-OH is 1. The van der Waals surface area contributed by atoms with E-state index >= 15 is 0 Å². The molecule has 4 rings (SSSR count). The van der Waals surface area contributed by atoms with E-state index in [2.05, 4.69) is 6.58 Å². The molecular weight excluding hydrogens is 433 g/mol. The smallest absolute Gasteiger partial charge is 0.321 e. The fraction of sp³-hybridized carbons (Fsp3) is 0.321. The molecule has 2 aromatic carbocycles. The van der Waals surface area contributed by atoms with Gasteiger partial charge >= 0.3 is 5.97 Å². The van der Waals surface area contributed by atoms with Crippen LogP contribution in [0.4, 0.5) is 4.39 Å². The van der Waals surface area contributed by atoms with Gasteiger partial charge in [-0.3, -0.25) is 14.6 Å². The molecule has 1 heterocycles. The summed E-state index contributed by atoms with van der Waals surface area (Å²) < 4.78 is 19.3. The van der Waals surface area contributed by atoms with E-state index in [1.165, 1.54) is 18.2 Å². The van der Waals surface area contributed by atoms with Crippen LogP contribution in [0, 0.1) is 5.82 Å². The van der Waals surface area contributed by atoms with Crippen molar-refractivity contribution >= 4 is 22.7 Å². The van der Waals surface area contributed by atoms with Gasteiger partial charge in [0.1, 0.15) is 11.7 Å². The van der Waals surface area contributed by atoms with Gasteiger partial charge in [-0.05, 0) is 56.0 Å². The predicted molar refractivity (Wildman–Crippen MR) is 129 cm³/mol.